The van der Waals surface area contributed by atoms with E-state index in [0.29, 0.717) is 6.42 Å². The monoisotopic (exact) mass is 300 g/mol. The van der Waals surface area contributed by atoms with Crippen LogP contribution >= 0.6 is 0 Å². The highest BCUT2D eigenvalue weighted by molar-refractivity contribution is 5.92. The number of rotatable bonds is 2. The van der Waals surface area contributed by atoms with Gasteiger partial charge in [0.25, 0.3) is 0 Å². The van der Waals surface area contributed by atoms with Gasteiger partial charge in [0, 0.05) is 11.3 Å². The van der Waals surface area contributed by atoms with Crippen molar-refractivity contribution >= 4 is 5.78 Å². The first-order chi connectivity index (χ1) is 10.4. The molecule has 4 atom stereocenters. The molecule has 0 saturated heterocycles. The van der Waals surface area contributed by atoms with E-state index >= 15 is 0 Å². The minimum atomic E-state index is -1.32. The van der Waals surface area contributed by atoms with Crippen LogP contribution in [0.5, 0.6) is 5.75 Å². The van der Waals surface area contributed by atoms with Crippen LogP contribution in [0.15, 0.2) is 30.9 Å². The quantitative estimate of drug-likeness (QED) is 0.825. The predicted molar refractivity (Wildman–Crippen MR) is 85.8 cm³/mol. The van der Waals surface area contributed by atoms with Crippen molar-refractivity contribution in [3.63, 3.8) is 0 Å². The van der Waals surface area contributed by atoms with E-state index in [1.165, 1.54) is 5.56 Å². The normalized spacial score (nSPS) is 37.3. The zero-order chi connectivity index (χ0) is 16.1. The van der Waals surface area contributed by atoms with E-state index in [1.807, 2.05) is 12.1 Å². The lowest BCUT2D eigenvalue weighted by molar-refractivity contribution is -0.152. The van der Waals surface area contributed by atoms with E-state index in [0.717, 1.165) is 24.8 Å². The summed E-state index contributed by atoms with van der Waals surface area (Å²) in [7, 11) is 0. The molecule has 0 radical (unpaired) electrons. The molecular weight excluding hydrogens is 276 g/mol. The van der Waals surface area contributed by atoms with Crippen LogP contribution in [0, 0.1) is 11.8 Å². The standard InChI is InChI=1S/C19H24O3/c1-4-14-16-8-6-12-10-13(20)7-9-15(12)19(16,5-2)11-18(3,22)17(14)21/h4,7,9-10,14,16,20,22H,1,5-6,8,11H2,2-3H3/t14?,16-,18-,19+/m1/s1. The van der Waals surface area contributed by atoms with E-state index in [2.05, 4.69) is 13.5 Å². The van der Waals surface area contributed by atoms with Crippen molar-refractivity contribution in [1.29, 1.82) is 0 Å². The van der Waals surface area contributed by atoms with Crippen LogP contribution < -0.4 is 0 Å². The molecule has 0 amide bonds. The molecule has 3 heteroatoms. The molecule has 2 aliphatic rings. The Hall–Kier alpha value is -1.61. The summed E-state index contributed by atoms with van der Waals surface area (Å²) in [5, 5.41) is 20.5. The Morgan fingerprint density at radius 3 is 2.82 bits per heavy atom. The maximum atomic E-state index is 12.6. The van der Waals surface area contributed by atoms with Gasteiger partial charge in [-0.05, 0) is 61.8 Å². The van der Waals surface area contributed by atoms with Gasteiger partial charge in [0.05, 0.1) is 0 Å². The molecule has 1 saturated carbocycles. The second kappa shape index (κ2) is 4.95. The van der Waals surface area contributed by atoms with Crippen LogP contribution in [0.1, 0.15) is 44.2 Å². The molecule has 0 spiro atoms. The third kappa shape index (κ3) is 1.95. The number of aliphatic hydroxyl groups is 1. The second-order valence-corrected chi connectivity index (χ2v) is 7.07. The zero-order valence-electron chi connectivity index (χ0n) is 13.3. The fourth-order valence-corrected chi connectivity index (χ4v) is 4.90. The summed E-state index contributed by atoms with van der Waals surface area (Å²) in [6.45, 7) is 7.61. The lowest BCUT2D eigenvalue weighted by atomic mass is 9.50. The summed E-state index contributed by atoms with van der Waals surface area (Å²) in [6, 6.07) is 5.52. The van der Waals surface area contributed by atoms with Gasteiger partial charge in [-0.15, -0.1) is 6.58 Å². The number of fused-ring (bicyclic) bond motifs is 3. The number of ketones is 1. The molecule has 3 rings (SSSR count). The number of phenolic OH excluding ortho intramolecular Hbond substituents is 1. The van der Waals surface area contributed by atoms with Crippen LogP contribution in [-0.4, -0.2) is 21.6 Å². The Labute approximate surface area is 131 Å². The Bertz CT molecular complexity index is 632. The Morgan fingerprint density at radius 1 is 1.45 bits per heavy atom. The Kier molecular flexibility index (Phi) is 3.44. The third-order valence-electron chi connectivity index (χ3n) is 5.87. The molecule has 0 aliphatic heterocycles. The van der Waals surface area contributed by atoms with Gasteiger partial charge in [-0.1, -0.05) is 19.1 Å². The number of hydrogen-bond donors (Lipinski definition) is 2. The second-order valence-electron chi connectivity index (χ2n) is 7.07. The third-order valence-corrected chi connectivity index (χ3v) is 5.87. The number of carbonyl (C=O) groups excluding carboxylic acids is 1. The maximum absolute atomic E-state index is 12.6. The summed E-state index contributed by atoms with van der Waals surface area (Å²) in [6.07, 6.45) is 4.78. The molecule has 3 nitrogen and oxygen atoms in total. The van der Waals surface area contributed by atoms with Crippen molar-refractivity contribution in [2.75, 3.05) is 0 Å². The van der Waals surface area contributed by atoms with Crippen molar-refractivity contribution in [2.24, 2.45) is 11.8 Å². The van der Waals surface area contributed by atoms with Gasteiger partial charge in [-0.2, -0.15) is 0 Å². The van der Waals surface area contributed by atoms with Crippen molar-refractivity contribution in [3.8, 4) is 5.75 Å². The van der Waals surface area contributed by atoms with Gasteiger partial charge in [-0.3, -0.25) is 4.79 Å². The van der Waals surface area contributed by atoms with Crippen molar-refractivity contribution < 1.29 is 15.0 Å². The number of aromatic hydroxyl groups is 1. The number of carbonyl (C=O) groups is 1. The summed E-state index contributed by atoms with van der Waals surface area (Å²) in [5.41, 5.74) is 0.782. The van der Waals surface area contributed by atoms with Crippen molar-refractivity contribution in [3.05, 3.63) is 42.0 Å². The first-order valence-electron chi connectivity index (χ1n) is 8.07. The van der Waals surface area contributed by atoms with E-state index in [4.69, 9.17) is 0 Å². The van der Waals surface area contributed by atoms with Gasteiger partial charge in [0.2, 0.25) is 0 Å². The van der Waals surface area contributed by atoms with Crippen LogP contribution in [0.25, 0.3) is 0 Å². The van der Waals surface area contributed by atoms with Gasteiger partial charge in [0.15, 0.2) is 5.78 Å². The summed E-state index contributed by atoms with van der Waals surface area (Å²) in [5.74, 6) is 0.0617. The van der Waals surface area contributed by atoms with E-state index < -0.39 is 5.60 Å². The molecule has 1 fully saturated rings. The molecule has 1 aromatic carbocycles. The van der Waals surface area contributed by atoms with Crippen LogP contribution in [0.3, 0.4) is 0 Å². The fourth-order valence-electron chi connectivity index (χ4n) is 4.90. The minimum Gasteiger partial charge on any atom is -0.508 e. The molecule has 0 aromatic heterocycles. The van der Waals surface area contributed by atoms with Crippen LogP contribution in [0.4, 0.5) is 0 Å². The van der Waals surface area contributed by atoms with Crippen LogP contribution in [0.2, 0.25) is 0 Å². The lowest BCUT2D eigenvalue weighted by Crippen LogP contribution is -2.58. The Morgan fingerprint density at radius 2 is 2.18 bits per heavy atom. The van der Waals surface area contributed by atoms with Gasteiger partial charge in [-0.25, -0.2) is 0 Å². The van der Waals surface area contributed by atoms with Gasteiger partial charge >= 0.3 is 0 Å². The van der Waals surface area contributed by atoms with Crippen molar-refractivity contribution in [2.45, 2.75) is 50.5 Å². The molecule has 0 bridgehead atoms. The fraction of sp³-hybridized carbons (Fsp3) is 0.526. The maximum Gasteiger partial charge on any atom is 0.171 e. The van der Waals surface area contributed by atoms with E-state index in [9.17, 15) is 15.0 Å². The SMILES string of the molecule is C=CC1C(=O)[C@](C)(O)C[C@@]2(CC)c3ccc(O)cc3CC[C@H]12. The molecule has 118 valence electrons. The highest BCUT2D eigenvalue weighted by atomic mass is 16.3. The molecule has 22 heavy (non-hydrogen) atoms. The average Bonchev–Trinajstić information content (AvgIpc) is 2.48. The van der Waals surface area contributed by atoms with Gasteiger partial charge < -0.3 is 10.2 Å². The number of aryl methyl sites for hydroxylation is 1. The van der Waals surface area contributed by atoms with Crippen LogP contribution in [-0.2, 0) is 16.6 Å². The van der Waals surface area contributed by atoms with E-state index in [1.54, 1.807) is 19.1 Å². The topological polar surface area (TPSA) is 57.5 Å². The Balaban J connectivity index is 2.20. The first kappa shape index (κ1) is 15.3. The largest absolute Gasteiger partial charge is 0.508 e. The smallest absolute Gasteiger partial charge is 0.171 e. The van der Waals surface area contributed by atoms with Gasteiger partial charge in [0.1, 0.15) is 11.4 Å². The molecule has 2 N–H and O–H groups in total. The number of allylic oxidation sites excluding steroid dienone is 1. The summed E-state index contributed by atoms with van der Waals surface area (Å²) >= 11 is 0. The molecular formula is C19H24O3. The number of benzene rings is 1. The lowest BCUT2D eigenvalue weighted by Gasteiger charge is -2.54. The predicted octanol–water partition coefficient (Wildman–Crippen LogP) is 3.13. The molecule has 2 aliphatic carbocycles. The summed E-state index contributed by atoms with van der Waals surface area (Å²) in [4.78, 5) is 12.6. The summed E-state index contributed by atoms with van der Waals surface area (Å²) < 4.78 is 0. The number of phenols is 1. The average molecular weight is 300 g/mol. The highest BCUT2D eigenvalue weighted by Gasteiger charge is 2.57. The number of hydrogen-bond acceptors (Lipinski definition) is 3. The highest BCUT2D eigenvalue weighted by Crippen LogP contribution is 2.56. The number of Topliss-reactive ketones (excluding diaryl/α,β-unsaturated/α-hetero) is 1. The van der Waals surface area contributed by atoms with E-state index in [-0.39, 0.29) is 28.8 Å². The molecule has 1 aromatic rings. The first-order valence-corrected chi connectivity index (χ1v) is 8.07. The molecule has 0 heterocycles. The van der Waals surface area contributed by atoms with Crippen molar-refractivity contribution in [1.82, 2.24) is 0 Å². The zero-order valence-corrected chi connectivity index (χ0v) is 13.3. The minimum absolute atomic E-state index is 0.0983. The molecule has 1 unspecified atom stereocenters.